The Kier molecular flexibility index (Phi) is 4.11. The SMILES string of the molecule is Nc1nc(Cl)nc(Nc2ccc3c(c2)C2(OC3=O)c3ccc(O)cc3Oc3cc(O)ccc32)n1. The fourth-order valence-corrected chi connectivity index (χ4v) is 4.49. The molecular weight excluding hydrogens is 462 g/mol. The number of anilines is 3. The van der Waals surface area contributed by atoms with Gasteiger partial charge in [0, 0.05) is 34.5 Å². The lowest BCUT2D eigenvalue weighted by Gasteiger charge is -2.36. The average Bonchev–Trinajstić information content (AvgIpc) is 3.05. The molecule has 0 aliphatic carbocycles. The number of nitrogens with one attached hydrogen (secondary N) is 1. The van der Waals surface area contributed by atoms with E-state index in [0.29, 0.717) is 27.9 Å². The minimum Gasteiger partial charge on any atom is -0.508 e. The highest BCUT2D eigenvalue weighted by molar-refractivity contribution is 6.28. The number of phenols is 2. The number of nitrogens with zero attached hydrogens (tertiary/aromatic N) is 3. The molecule has 3 aromatic carbocycles. The topological polar surface area (TPSA) is 153 Å². The summed E-state index contributed by atoms with van der Waals surface area (Å²) in [7, 11) is 0. The van der Waals surface area contributed by atoms with Gasteiger partial charge < -0.3 is 30.7 Å². The number of fused-ring (bicyclic) bond motifs is 6. The van der Waals surface area contributed by atoms with E-state index in [0.717, 1.165) is 0 Å². The van der Waals surface area contributed by atoms with Crippen molar-refractivity contribution in [3.63, 3.8) is 0 Å². The van der Waals surface area contributed by atoms with Crippen LogP contribution >= 0.6 is 11.6 Å². The molecule has 10 nitrogen and oxygen atoms in total. The highest BCUT2D eigenvalue weighted by Crippen LogP contribution is 2.57. The third kappa shape index (κ3) is 2.89. The highest BCUT2D eigenvalue weighted by atomic mass is 35.5. The number of ether oxygens (including phenoxy) is 2. The van der Waals surface area contributed by atoms with E-state index in [2.05, 4.69) is 20.3 Å². The summed E-state index contributed by atoms with van der Waals surface area (Å²) in [6.45, 7) is 0. The molecule has 0 fully saturated rings. The summed E-state index contributed by atoms with van der Waals surface area (Å²) in [4.78, 5) is 24.8. The molecule has 0 saturated carbocycles. The maximum atomic E-state index is 13.0. The number of benzene rings is 3. The fourth-order valence-electron chi connectivity index (χ4n) is 4.33. The average molecular weight is 476 g/mol. The van der Waals surface area contributed by atoms with Crippen molar-refractivity contribution in [1.29, 1.82) is 0 Å². The van der Waals surface area contributed by atoms with Crippen molar-refractivity contribution in [3.8, 4) is 23.0 Å². The van der Waals surface area contributed by atoms with Crippen molar-refractivity contribution in [2.75, 3.05) is 11.1 Å². The molecule has 0 amide bonds. The Morgan fingerprint density at radius 3 is 2.21 bits per heavy atom. The summed E-state index contributed by atoms with van der Waals surface area (Å²) in [5, 5.41) is 23.0. The third-order valence-electron chi connectivity index (χ3n) is 5.66. The number of aromatic nitrogens is 3. The molecule has 2 aliphatic heterocycles. The largest absolute Gasteiger partial charge is 0.508 e. The van der Waals surface area contributed by atoms with Gasteiger partial charge in [0.1, 0.15) is 23.0 Å². The van der Waals surface area contributed by atoms with Crippen molar-refractivity contribution in [2.24, 2.45) is 0 Å². The second-order valence-electron chi connectivity index (χ2n) is 7.71. The second-order valence-corrected chi connectivity index (χ2v) is 8.04. The van der Waals surface area contributed by atoms with Gasteiger partial charge >= 0.3 is 5.97 Å². The molecule has 1 spiro atoms. The highest BCUT2D eigenvalue weighted by Gasteiger charge is 2.53. The van der Waals surface area contributed by atoms with Gasteiger partial charge in [-0.15, -0.1) is 0 Å². The number of phenolic OH excluding ortho intramolecular Hbond substituents is 2. The van der Waals surface area contributed by atoms with Gasteiger partial charge in [0.25, 0.3) is 0 Å². The standard InChI is InChI=1S/C23H14ClN5O5/c24-20-27-21(25)29-22(28-20)26-10-1-4-13-16(7-10)23(34-19(13)32)14-5-2-11(30)8-17(14)33-18-9-12(31)3-6-15(18)23/h1-9,30-31H,(H3,25,26,27,28,29). The quantitative estimate of drug-likeness (QED) is 0.314. The van der Waals surface area contributed by atoms with Gasteiger partial charge in [0.05, 0.1) is 5.56 Å². The molecule has 0 unspecified atom stereocenters. The lowest BCUT2D eigenvalue weighted by atomic mass is 9.77. The first-order valence-electron chi connectivity index (χ1n) is 10.0. The summed E-state index contributed by atoms with van der Waals surface area (Å²) in [6, 6.07) is 14.1. The monoisotopic (exact) mass is 475 g/mol. The predicted octanol–water partition coefficient (Wildman–Crippen LogP) is 3.83. The summed E-state index contributed by atoms with van der Waals surface area (Å²) in [5.41, 5.74) is 6.71. The van der Waals surface area contributed by atoms with Gasteiger partial charge in [-0.05, 0) is 54.1 Å². The Labute approximate surface area is 196 Å². The first-order valence-corrected chi connectivity index (χ1v) is 10.4. The van der Waals surface area contributed by atoms with E-state index in [9.17, 15) is 15.0 Å². The summed E-state index contributed by atoms with van der Waals surface area (Å²) in [5.74, 6) is 0.0608. The van der Waals surface area contributed by atoms with Crippen LogP contribution in [-0.2, 0) is 10.3 Å². The molecule has 4 aromatic rings. The van der Waals surface area contributed by atoms with Crippen LogP contribution in [0.2, 0.25) is 5.28 Å². The molecule has 5 N–H and O–H groups in total. The first-order chi connectivity index (χ1) is 16.3. The van der Waals surface area contributed by atoms with Gasteiger partial charge in [-0.2, -0.15) is 15.0 Å². The van der Waals surface area contributed by atoms with Crippen LogP contribution in [0.25, 0.3) is 0 Å². The maximum Gasteiger partial charge on any atom is 0.340 e. The van der Waals surface area contributed by atoms with Crippen LogP contribution < -0.4 is 15.8 Å². The van der Waals surface area contributed by atoms with Crippen LogP contribution in [0.4, 0.5) is 17.6 Å². The molecule has 3 heterocycles. The summed E-state index contributed by atoms with van der Waals surface area (Å²) in [6.07, 6.45) is 0. The Morgan fingerprint density at radius 2 is 1.56 bits per heavy atom. The van der Waals surface area contributed by atoms with Crippen LogP contribution in [0, 0.1) is 0 Å². The molecule has 0 radical (unpaired) electrons. The van der Waals surface area contributed by atoms with Crippen LogP contribution in [0.5, 0.6) is 23.0 Å². The minimum atomic E-state index is -1.38. The third-order valence-corrected chi connectivity index (χ3v) is 5.82. The van der Waals surface area contributed by atoms with E-state index in [1.807, 2.05) is 0 Å². The smallest absolute Gasteiger partial charge is 0.340 e. The Morgan fingerprint density at radius 1 is 0.882 bits per heavy atom. The Hall–Kier alpha value is -4.57. The summed E-state index contributed by atoms with van der Waals surface area (Å²) < 4.78 is 12.0. The van der Waals surface area contributed by atoms with E-state index in [4.69, 9.17) is 26.8 Å². The molecule has 0 bridgehead atoms. The van der Waals surface area contributed by atoms with Gasteiger partial charge in [-0.3, -0.25) is 0 Å². The van der Waals surface area contributed by atoms with Crippen LogP contribution in [-0.4, -0.2) is 31.1 Å². The number of aromatic hydroxyl groups is 2. The molecule has 2 aliphatic rings. The van der Waals surface area contributed by atoms with E-state index < -0.39 is 11.6 Å². The molecule has 11 heteroatoms. The fraction of sp³-hybridized carbons (Fsp3) is 0.0435. The van der Waals surface area contributed by atoms with Gasteiger partial charge in [0.15, 0.2) is 5.60 Å². The van der Waals surface area contributed by atoms with Crippen molar-refractivity contribution >= 4 is 35.2 Å². The lowest BCUT2D eigenvalue weighted by molar-refractivity contribution is 0.0224. The zero-order valence-electron chi connectivity index (χ0n) is 17.1. The predicted molar refractivity (Wildman–Crippen MR) is 121 cm³/mol. The molecule has 168 valence electrons. The number of nitrogen functional groups attached to an aromatic ring is 1. The van der Waals surface area contributed by atoms with E-state index in [1.54, 1.807) is 30.3 Å². The number of carbonyl (C=O) groups excluding carboxylic acids is 1. The molecule has 0 atom stereocenters. The first kappa shape index (κ1) is 20.1. The number of nitrogens with two attached hydrogens (primary N) is 1. The Balaban J connectivity index is 1.57. The zero-order chi connectivity index (χ0) is 23.6. The molecule has 6 rings (SSSR count). The molecule has 34 heavy (non-hydrogen) atoms. The van der Waals surface area contributed by atoms with Crippen molar-refractivity contribution < 1.29 is 24.5 Å². The Bertz CT molecular complexity index is 1450. The van der Waals surface area contributed by atoms with E-state index in [-0.39, 0.29) is 40.2 Å². The number of rotatable bonds is 2. The van der Waals surface area contributed by atoms with Crippen molar-refractivity contribution in [1.82, 2.24) is 15.0 Å². The number of esters is 1. The van der Waals surface area contributed by atoms with Crippen molar-refractivity contribution in [2.45, 2.75) is 5.60 Å². The summed E-state index contributed by atoms with van der Waals surface area (Å²) >= 11 is 5.88. The number of carbonyl (C=O) groups is 1. The number of hydrogen-bond donors (Lipinski definition) is 4. The lowest BCUT2D eigenvalue weighted by Crippen LogP contribution is -2.33. The minimum absolute atomic E-state index is 0.0261. The zero-order valence-corrected chi connectivity index (χ0v) is 17.9. The normalized spacial score (nSPS) is 14.6. The van der Waals surface area contributed by atoms with E-state index >= 15 is 0 Å². The van der Waals surface area contributed by atoms with Crippen molar-refractivity contribution in [3.05, 3.63) is 82.1 Å². The number of halogens is 1. The van der Waals surface area contributed by atoms with Gasteiger partial charge in [0.2, 0.25) is 17.2 Å². The van der Waals surface area contributed by atoms with E-state index in [1.165, 1.54) is 24.3 Å². The van der Waals surface area contributed by atoms with Gasteiger partial charge in [-0.1, -0.05) is 0 Å². The maximum absolute atomic E-state index is 13.0. The molecule has 0 saturated heterocycles. The molecular formula is C23H14ClN5O5. The van der Waals surface area contributed by atoms with Crippen LogP contribution in [0.15, 0.2) is 54.6 Å². The molecule has 1 aromatic heterocycles. The van der Waals surface area contributed by atoms with Gasteiger partial charge in [-0.25, -0.2) is 4.79 Å². The van der Waals surface area contributed by atoms with Crippen LogP contribution in [0.3, 0.4) is 0 Å². The second kappa shape index (κ2) is 6.96. The van der Waals surface area contributed by atoms with Crippen LogP contribution in [0.1, 0.15) is 27.0 Å². The number of hydrogen-bond acceptors (Lipinski definition) is 10.